The molecule has 0 saturated carbocycles. The molecule has 2 amide bonds. The lowest BCUT2D eigenvalue weighted by molar-refractivity contribution is -0.122. The lowest BCUT2D eigenvalue weighted by Crippen LogP contribution is -2.28. The van der Waals surface area contributed by atoms with Crippen molar-refractivity contribution >= 4 is 35.4 Å². The second kappa shape index (κ2) is 16.3. The van der Waals surface area contributed by atoms with Gasteiger partial charge in [0.2, 0.25) is 11.8 Å². The molecule has 2 aromatic carbocycles. The third kappa shape index (κ3) is 8.49. The zero-order valence-electron chi connectivity index (χ0n) is 33.9. The predicted octanol–water partition coefficient (Wildman–Crippen LogP) is 9.77. The number of aryl methyl sites for hydroxylation is 2. The quantitative estimate of drug-likeness (QED) is 0.116. The van der Waals surface area contributed by atoms with Gasteiger partial charge in [0.1, 0.15) is 0 Å². The molecule has 0 spiro atoms. The van der Waals surface area contributed by atoms with Gasteiger partial charge in [-0.15, -0.1) is 0 Å². The minimum absolute atomic E-state index is 0.00175. The maximum absolute atomic E-state index is 13.1. The Labute approximate surface area is 325 Å². The van der Waals surface area contributed by atoms with Crippen LogP contribution in [-0.4, -0.2) is 33.2 Å². The standard InChI is InChI=1S/C47H54N6O2/c1-26-38(32(7)48-42(26)24-44-28(3)40(34(9)50-44)22-46(54)52-30(5)36-17-13-11-14-18-36)21-39-27(2)43(49-33(39)8)25-45-29(4)41(35(10)51-45)23-47(55)53-31(6)37-19-15-12-16-20-37/h11-20,24-25,30-31,50-51H,21-23H2,1-10H3,(H,52,54)(H,53,55)/b42-24+,43-25?/t30-,31-/m1/s1. The third-order valence-electron chi connectivity index (χ3n) is 11.3. The van der Waals surface area contributed by atoms with Gasteiger partial charge >= 0.3 is 0 Å². The Morgan fingerprint density at radius 3 is 1.33 bits per heavy atom. The Balaban J connectivity index is 1.16. The Hall–Kier alpha value is -5.76. The maximum Gasteiger partial charge on any atom is 0.224 e. The van der Waals surface area contributed by atoms with Crippen molar-refractivity contribution in [3.8, 4) is 0 Å². The van der Waals surface area contributed by atoms with Crippen molar-refractivity contribution < 1.29 is 9.59 Å². The molecule has 0 fully saturated rings. The summed E-state index contributed by atoms with van der Waals surface area (Å²) in [6, 6.07) is 19.9. The molecule has 4 aromatic rings. The molecule has 0 saturated heterocycles. The van der Waals surface area contributed by atoms with Crippen LogP contribution in [-0.2, 0) is 22.4 Å². The Bertz CT molecular complexity index is 2160. The molecule has 8 nitrogen and oxygen atoms in total. The molecular formula is C47H54N6O2. The highest BCUT2D eigenvalue weighted by Gasteiger charge is 2.26. The summed E-state index contributed by atoms with van der Waals surface area (Å²) < 4.78 is 0. The Morgan fingerprint density at radius 2 is 0.964 bits per heavy atom. The number of nitrogens with one attached hydrogen (secondary N) is 4. The minimum Gasteiger partial charge on any atom is -0.359 e. The number of hydrogen-bond donors (Lipinski definition) is 4. The fourth-order valence-electron chi connectivity index (χ4n) is 7.77. The normalized spacial score (nSPS) is 16.9. The fourth-order valence-corrected chi connectivity index (χ4v) is 7.77. The number of carbonyl (C=O) groups excluding carboxylic acids is 2. The van der Waals surface area contributed by atoms with Gasteiger partial charge in [0.25, 0.3) is 0 Å². The zero-order valence-corrected chi connectivity index (χ0v) is 33.9. The molecule has 2 aliphatic heterocycles. The van der Waals surface area contributed by atoms with Gasteiger partial charge in [-0.3, -0.25) is 19.6 Å². The van der Waals surface area contributed by atoms with Gasteiger partial charge in [-0.25, -0.2) is 0 Å². The van der Waals surface area contributed by atoms with E-state index in [1.165, 1.54) is 11.1 Å². The van der Waals surface area contributed by atoms with Crippen LogP contribution in [0.4, 0.5) is 0 Å². The van der Waals surface area contributed by atoms with Gasteiger partial charge in [0.05, 0.1) is 36.3 Å². The summed E-state index contributed by atoms with van der Waals surface area (Å²) in [7, 11) is 0. The maximum atomic E-state index is 13.1. The van der Waals surface area contributed by atoms with E-state index in [1.54, 1.807) is 0 Å². The average molecular weight is 735 g/mol. The number of hydrogen-bond acceptors (Lipinski definition) is 4. The first-order valence-corrected chi connectivity index (χ1v) is 19.2. The summed E-state index contributed by atoms with van der Waals surface area (Å²) in [4.78, 5) is 43.2. The van der Waals surface area contributed by atoms with Crippen LogP contribution in [0.15, 0.2) is 104 Å². The summed E-state index contributed by atoms with van der Waals surface area (Å²) >= 11 is 0. The number of allylic oxidation sites excluding steroid dienone is 4. The Kier molecular flexibility index (Phi) is 11.6. The smallest absolute Gasteiger partial charge is 0.224 e. The van der Waals surface area contributed by atoms with E-state index in [9.17, 15) is 9.59 Å². The van der Waals surface area contributed by atoms with E-state index in [1.807, 2.05) is 88.4 Å². The molecule has 2 atom stereocenters. The molecule has 6 rings (SSSR count). The van der Waals surface area contributed by atoms with Crippen LogP contribution in [0.2, 0.25) is 0 Å². The lowest BCUT2D eigenvalue weighted by atomic mass is 9.93. The summed E-state index contributed by atoms with van der Waals surface area (Å²) in [5.74, 6) is -0.00350. The summed E-state index contributed by atoms with van der Waals surface area (Å²) in [5, 5.41) is 6.30. The van der Waals surface area contributed by atoms with E-state index in [2.05, 4.69) is 74.3 Å². The van der Waals surface area contributed by atoms with E-state index in [4.69, 9.17) is 9.98 Å². The molecule has 2 aliphatic rings. The largest absolute Gasteiger partial charge is 0.359 e. The number of aliphatic imine (C=N–C) groups is 2. The van der Waals surface area contributed by atoms with Crippen LogP contribution < -0.4 is 10.6 Å². The molecule has 0 radical (unpaired) electrons. The SMILES string of the molecule is CC1=NC(=Cc2[nH]c(C)c(CC(=O)N[C@H](C)c3ccccc3)c2C)C(C)=C1CC1=C(C)/C(=C\c2[nH]c(C)c(CC(=O)N[C@H](C)c3ccccc3)c2C)N=C1C. The first-order valence-electron chi connectivity index (χ1n) is 19.2. The van der Waals surface area contributed by atoms with Gasteiger partial charge in [-0.2, -0.15) is 0 Å². The van der Waals surface area contributed by atoms with Crippen molar-refractivity contribution in [3.05, 3.63) is 151 Å². The monoisotopic (exact) mass is 734 g/mol. The van der Waals surface area contributed by atoms with E-state index < -0.39 is 0 Å². The number of benzene rings is 2. The van der Waals surface area contributed by atoms with Crippen molar-refractivity contribution in [1.29, 1.82) is 0 Å². The number of aromatic amines is 2. The average Bonchev–Trinajstić information content (AvgIpc) is 3.78. The van der Waals surface area contributed by atoms with Crippen LogP contribution >= 0.6 is 0 Å². The number of aromatic nitrogens is 2. The minimum atomic E-state index is -0.0651. The molecule has 0 bridgehead atoms. The summed E-state index contributed by atoms with van der Waals surface area (Å²) in [5.41, 5.74) is 18.8. The molecule has 0 aliphatic carbocycles. The molecule has 4 heterocycles. The highest BCUT2D eigenvalue weighted by atomic mass is 16.2. The van der Waals surface area contributed by atoms with Gasteiger partial charge < -0.3 is 20.6 Å². The van der Waals surface area contributed by atoms with E-state index in [-0.39, 0.29) is 23.9 Å². The van der Waals surface area contributed by atoms with Crippen molar-refractivity contribution in [2.45, 2.75) is 101 Å². The highest BCUT2D eigenvalue weighted by Crippen LogP contribution is 2.37. The first-order chi connectivity index (χ1) is 26.2. The number of H-pyrrole nitrogens is 2. The molecule has 0 unspecified atom stereocenters. The van der Waals surface area contributed by atoms with Gasteiger partial charge in [0, 0.05) is 40.6 Å². The number of nitrogens with zero attached hydrogens (tertiary/aromatic N) is 2. The molecule has 2 aromatic heterocycles. The van der Waals surface area contributed by atoms with Crippen molar-refractivity contribution in [3.63, 3.8) is 0 Å². The number of amides is 2. The predicted molar refractivity (Wildman–Crippen MR) is 226 cm³/mol. The van der Waals surface area contributed by atoms with E-state index in [0.717, 1.165) is 96.5 Å². The molecule has 55 heavy (non-hydrogen) atoms. The molecular weight excluding hydrogens is 681 g/mol. The van der Waals surface area contributed by atoms with Crippen LogP contribution in [0.3, 0.4) is 0 Å². The van der Waals surface area contributed by atoms with Crippen LogP contribution in [0, 0.1) is 27.7 Å². The van der Waals surface area contributed by atoms with Gasteiger partial charge in [0.15, 0.2) is 0 Å². The van der Waals surface area contributed by atoms with Gasteiger partial charge in [-0.05, 0) is 137 Å². The highest BCUT2D eigenvalue weighted by molar-refractivity contribution is 6.09. The topological polar surface area (TPSA) is 114 Å². The lowest BCUT2D eigenvalue weighted by Gasteiger charge is -2.14. The van der Waals surface area contributed by atoms with Crippen LogP contribution in [0.25, 0.3) is 12.2 Å². The summed E-state index contributed by atoms with van der Waals surface area (Å²) in [6.07, 6.45) is 5.58. The second-order valence-electron chi connectivity index (χ2n) is 15.1. The second-order valence-corrected chi connectivity index (χ2v) is 15.1. The van der Waals surface area contributed by atoms with E-state index in [0.29, 0.717) is 12.8 Å². The van der Waals surface area contributed by atoms with Crippen molar-refractivity contribution in [2.24, 2.45) is 9.98 Å². The van der Waals surface area contributed by atoms with Crippen LogP contribution in [0.5, 0.6) is 0 Å². The first kappa shape index (κ1) is 38.9. The molecule has 8 heteroatoms. The third-order valence-corrected chi connectivity index (χ3v) is 11.3. The van der Waals surface area contributed by atoms with Gasteiger partial charge in [-0.1, -0.05) is 60.7 Å². The number of rotatable bonds is 12. The number of carbonyl (C=O) groups is 2. The van der Waals surface area contributed by atoms with Crippen molar-refractivity contribution in [2.75, 3.05) is 0 Å². The molecule has 284 valence electrons. The molecule has 4 N–H and O–H groups in total. The Morgan fingerprint density at radius 1 is 0.600 bits per heavy atom. The summed E-state index contributed by atoms with van der Waals surface area (Å²) in [6.45, 7) is 20.7. The fraction of sp³-hybridized carbons (Fsp3) is 0.319. The zero-order chi connectivity index (χ0) is 39.6. The van der Waals surface area contributed by atoms with E-state index >= 15 is 0 Å². The van der Waals surface area contributed by atoms with Crippen LogP contribution in [0.1, 0.15) is 116 Å². The van der Waals surface area contributed by atoms with Crippen molar-refractivity contribution in [1.82, 2.24) is 20.6 Å².